The number of hydrogen-bond donors (Lipinski definition) is 1. The van der Waals surface area contributed by atoms with Crippen LogP contribution < -0.4 is 5.73 Å². The van der Waals surface area contributed by atoms with Gasteiger partial charge in [-0.25, -0.2) is 9.78 Å². The molecule has 0 radical (unpaired) electrons. The number of nitrogens with zero attached hydrogens (tertiary/aromatic N) is 1. The number of ether oxygens (including phenoxy) is 1. The van der Waals surface area contributed by atoms with E-state index in [1.807, 2.05) is 0 Å². The van der Waals surface area contributed by atoms with Gasteiger partial charge in [-0.2, -0.15) is 13.2 Å². The summed E-state index contributed by atoms with van der Waals surface area (Å²) in [5.74, 6) is -2.34. The zero-order valence-electron chi connectivity index (χ0n) is 6.67. The van der Waals surface area contributed by atoms with Gasteiger partial charge in [0.05, 0.1) is 6.20 Å². The first-order valence-electron chi connectivity index (χ1n) is 3.33. The first kappa shape index (κ1) is 10.4. The maximum atomic E-state index is 11.6. The molecular formula is C6H5F3N2O3. The van der Waals surface area contributed by atoms with Crippen molar-refractivity contribution in [2.24, 2.45) is 0 Å². The molecule has 2 N–H and O–H groups in total. The molecule has 0 aliphatic rings. The Kier molecular flexibility index (Phi) is 2.63. The molecule has 14 heavy (non-hydrogen) atoms. The summed E-state index contributed by atoms with van der Waals surface area (Å²) in [5.41, 5.74) is 5.03. The Balaban J connectivity index is 2.46. The Morgan fingerprint density at radius 1 is 1.64 bits per heavy atom. The first-order chi connectivity index (χ1) is 6.39. The minimum atomic E-state index is -5.01. The van der Waals surface area contributed by atoms with Gasteiger partial charge in [0.25, 0.3) is 6.01 Å². The summed E-state index contributed by atoms with van der Waals surface area (Å²) in [7, 11) is 0. The maximum absolute atomic E-state index is 11.6. The topological polar surface area (TPSA) is 78.4 Å². The molecule has 0 amide bonds. The Hall–Kier alpha value is -1.73. The highest BCUT2D eigenvalue weighted by Crippen LogP contribution is 2.17. The lowest BCUT2D eigenvalue weighted by Crippen LogP contribution is -2.25. The van der Waals surface area contributed by atoms with Crippen molar-refractivity contribution in [3.05, 3.63) is 12.0 Å². The zero-order chi connectivity index (χ0) is 10.8. The van der Waals surface area contributed by atoms with Gasteiger partial charge < -0.3 is 14.9 Å². The van der Waals surface area contributed by atoms with Gasteiger partial charge in [0, 0.05) is 0 Å². The third-order valence-corrected chi connectivity index (χ3v) is 1.15. The molecular weight excluding hydrogens is 205 g/mol. The van der Waals surface area contributed by atoms with E-state index in [1.165, 1.54) is 0 Å². The summed E-state index contributed by atoms with van der Waals surface area (Å²) >= 11 is 0. The Bertz CT molecular complexity index is 333. The number of anilines is 1. The molecule has 1 aromatic rings. The molecule has 0 spiro atoms. The van der Waals surface area contributed by atoms with Crippen LogP contribution in [0.3, 0.4) is 0 Å². The number of hydrogen-bond acceptors (Lipinski definition) is 5. The monoisotopic (exact) mass is 210 g/mol. The van der Waals surface area contributed by atoms with Crippen molar-refractivity contribution in [2.75, 3.05) is 5.73 Å². The van der Waals surface area contributed by atoms with Crippen molar-refractivity contribution < 1.29 is 27.1 Å². The summed E-state index contributed by atoms with van der Waals surface area (Å²) in [6.07, 6.45) is -3.94. The van der Waals surface area contributed by atoms with Crippen LogP contribution >= 0.6 is 0 Å². The minimum Gasteiger partial charge on any atom is -0.451 e. The molecule has 1 heterocycles. The van der Waals surface area contributed by atoms with Crippen molar-refractivity contribution in [3.63, 3.8) is 0 Å². The highest BCUT2D eigenvalue weighted by atomic mass is 19.4. The number of carbonyl (C=O) groups is 1. The number of nitrogens with two attached hydrogens (primary N) is 1. The average molecular weight is 210 g/mol. The molecule has 0 saturated carbocycles. The molecule has 1 aromatic heterocycles. The van der Waals surface area contributed by atoms with Gasteiger partial charge in [-0.15, -0.1) is 0 Å². The molecule has 0 aliphatic carbocycles. The number of rotatable bonds is 2. The fourth-order valence-electron chi connectivity index (χ4n) is 0.608. The van der Waals surface area contributed by atoms with Crippen LogP contribution in [-0.2, 0) is 16.1 Å². The molecule has 0 aromatic carbocycles. The number of esters is 1. The average Bonchev–Trinajstić information content (AvgIpc) is 2.45. The first-order valence-corrected chi connectivity index (χ1v) is 3.33. The van der Waals surface area contributed by atoms with E-state index in [0.29, 0.717) is 0 Å². The zero-order valence-corrected chi connectivity index (χ0v) is 6.67. The van der Waals surface area contributed by atoms with Crippen molar-refractivity contribution in [2.45, 2.75) is 12.8 Å². The largest absolute Gasteiger partial charge is 0.490 e. The van der Waals surface area contributed by atoms with E-state index in [-0.39, 0.29) is 11.8 Å². The van der Waals surface area contributed by atoms with Crippen LogP contribution in [0.4, 0.5) is 19.2 Å². The Labute approximate surface area is 75.7 Å². The van der Waals surface area contributed by atoms with Crippen molar-refractivity contribution in [1.29, 1.82) is 0 Å². The van der Waals surface area contributed by atoms with Crippen molar-refractivity contribution in [1.82, 2.24) is 4.98 Å². The van der Waals surface area contributed by atoms with Gasteiger partial charge >= 0.3 is 12.1 Å². The van der Waals surface area contributed by atoms with Gasteiger partial charge in [0.1, 0.15) is 0 Å². The summed E-state index contributed by atoms with van der Waals surface area (Å²) in [4.78, 5) is 13.6. The molecule has 0 unspecified atom stereocenters. The molecule has 5 nitrogen and oxygen atoms in total. The predicted octanol–water partition coefficient (Wildman–Crippen LogP) is 0.862. The van der Waals surface area contributed by atoms with Gasteiger partial charge in [-0.3, -0.25) is 0 Å². The number of halogens is 3. The molecule has 1 rings (SSSR count). The predicted molar refractivity (Wildman–Crippen MR) is 36.8 cm³/mol. The highest BCUT2D eigenvalue weighted by molar-refractivity contribution is 5.75. The second-order valence-electron chi connectivity index (χ2n) is 2.24. The Morgan fingerprint density at radius 2 is 2.29 bits per heavy atom. The summed E-state index contributed by atoms with van der Waals surface area (Å²) in [6.45, 7) is -0.650. The molecule has 0 fully saturated rings. The fraction of sp³-hybridized carbons (Fsp3) is 0.333. The summed E-state index contributed by atoms with van der Waals surface area (Å²) < 4.78 is 43.3. The summed E-state index contributed by atoms with van der Waals surface area (Å²) in [5, 5.41) is 0. The van der Waals surface area contributed by atoms with E-state index < -0.39 is 18.8 Å². The number of alkyl halides is 3. The smallest absolute Gasteiger partial charge is 0.451 e. The van der Waals surface area contributed by atoms with Gasteiger partial charge in [0.2, 0.25) is 0 Å². The van der Waals surface area contributed by atoms with Crippen LogP contribution in [0.5, 0.6) is 0 Å². The van der Waals surface area contributed by atoms with Crippen LogP contribution in [0.15, 0.2) is 10.6 Å². The molecule has 0 bridgehead atoms. The molecule has 8 heteroatoms. The summed E-state index contributed by atoms with van der Waals surface area (Å²) in [6, 6.07) is -0.206. The van der Waals surface area contributed by atoms with Gasteiger partial charge in [-0.1, -0.05) is 0 Å². The van der Waals surface area contributed by atoms with Crippen LogP contribution in [0.25, 0.3) is 0 Å². The lowest BCUT2D eigenvalue weighted by atomic mass is 10.5. The van der Waals surface area contributed by atoms with E-state index in [2.05, 4.69) is 14.1 Å². The van der Waals surface area contributed by atoms with Gasteiger partial charge in [0.15, 0.2) is 12.4 Å². The quantitative estimate of drug-likeness (QED) is 0.732. The number of nitrogen functional groups attached to an aromatic ring is 1. The molecule has 0 aliphatic heterocycles. The Morgan fingerprint density at radius 3 is 2.71 bits per heavy atom. The number of aromatic nitrogens is 1. The van der Waals surface area contributed by atoms with Crippen molar-refractivity contribution in [3.8, 4) is 0 Å². The van der Waals surface area contributed by atoms with Crippen LogP contribution in [0.1, 0.15) is 5.76 Å². The van der Waals surface area contributed by atoms with Crippen LogP contribution in [0.2, 0.25) is 0 Å². The molecule has 78 valence electrons. The maximum Gasteiger partial charge on any atom is 0.490 e. The van der Waals surface area contributed by atoms with E-state index >= 15 is 0 Å². The van der Waals surface area contributed by atoms with Gasteiger partial charge in [-0.05, 0) is 0 Å². The van der Waals surface area contributed by atoms with E-state index in [1.54, 1.807) is 0 Å². The second-order valence-corrected chi connectivity index (χ2v) is 2.24. The highest BCUT2D eigenvalue weighted by Gasteiger charge is 2.41. The SMILES string of the molecule is Nc1ncc(COC(=O)C(F)(F)F)o1. The third kappa shape index (κ3) is 2.64. The van der Waals surface area contributed by atoms with Crippen LogP contribution in [0, 0.1) is 0 Å². The molecule has 0 saturated heterocycles. The lowest BCUT2D eigenvalue weighted by Gasteiger charge is -2.04. The standard InChI is InChI=1S/C6H5F3N2O3/c7-6(8,9)4(12)13-2-3-1-11-5(10)14-3/h1H,2H2,(H2,10,11). The van der Waals surface area contributed by atoms with Crippen LogP contribution in [-0.4, -0.2) is 17.1 Å². The second kappa shape index (κ2) is 3.56. The van der Waals surface area contributed by atoms with E-state index in [0.717, 1.165) is 6.20 Å². The third-order valence-electron chi connectivity index (χ3n) is 1.15. The number of carbonyl (C=O) groups excluding carboxylic acids is 1. The minimum absolute atomic E-state index is 0.0555. The van der Waals surface area contributed by atoms with E-state index in [9.17, 15) is 18.0 Å². The molecule has 0 atom stereocenters. The normalized spacial score (nSPS) is 11.4. The lowest BCUT2D eigenvalue weighted by molar-refractivity contribution is -0.201. The number of oxazole rings is 1. The van der Waals surface area contributed by atoms with Crippen molar-refractivity contribution >= 4 is 12.0 Å². The van der Waals surface area contributed by atoms with E-state index in [4.69, 9.17) is 5.73 Å². The fourth-order valence-corrected chi connectivity index (χ4v) is 0.608.